The standard InChI is InChI=1S/C14H20N4OS/c19-13(17-7-9-20-10-8-17)12-3-1-6-18(11-12)14-15-4-2-5-16-14/h2,4-5,12H,1,3,6-11H2. The van der Waals surface area contributed by atoms with Crippen LogP contribution < -0.4 is 4.90 Å². The average molecular weight is 292 g/mol. The molecule has 0 aromatic carbocycles. The highest BCUT2D eigenvalue weighted by Crippen LogP contribution is 2.23. The smallest absolute Gasteiger partial charge is 0.227 e. The van der Waals surface area contributed by atoms with Crippen LogP contribution in [0.1, 0.15) is 12.8 Å². The third kappa shape index (κ3) is 3.06. The largest absolute Gasteiger partial charge is 0.341 e. The number of nitrogens with zero attached hydrogens (tertiary/aromatic N) is 4. The molecule has 6 heteroatoms. The molecular formula is C14H20N4OS. The van der Waals surface area contributed by atoms with E-state index in [4.69, 9.17) is 0 Å². The Morgan fingerprint density at radius 2 is 1.95 bits per heavy atom. The van der Waals surface area contributed by atoms with Gasteiger partial charge in [-0.25, -0.2) is 9.97 Å². The predicted molar refractivity (Wildman–Crippen MR) is 80.9 cm³/mol. The van der Waals surface area contributed by atoms with Crippen molar-refractivity contribution in [1.29, 1.82) is 0 Å². The molecule has 2 aliphatic rings. The van der Waals surface area contributed by atoms with E-state index in [-0.39, 0.29) is 5.92 Å². The Balaban J connectivity index is 1.64. The fourth-order valence-corrected chi connectivity index (χ4v) is 3.76. The molecule has 2 aliphatic heterocycles. The first kappa shape index (κ1) is 13.7. The van der Waals surface area contributed by atoms with Gasteiger partial charge in [-0.2, -0.15) is 11.8 Å². The molecular weight excluding hydrogens is 272 g/mol. The quantitative estimate of drug-likeness (QED) is 0.821. The number of hydrogen-bond donors (Lipinski definition) is 0. The van der Waals surface area contributed by atoms with Crippen molar-refractivity contribution < 1.29 is 4.79 Å². The molecule has 1 aromatic rings. The minimum absolute atomic E-state index is 0.107. The molecule has 108 valence electrons. The van der Waals surface area contributed by atoms with Gasteiger partial charge in [0.15, 0.2) is 0 Å². The van der Waals surface area contributed by atoms with E-state index in [1.54, 1.807) is 12.4 Å². The van der Waals surface area contributed by atoms with Crippen molar-refractivity contribution in [3.63, 3.8) is 0 Å². The second-order valence-corrected chi connectivity index (χ2v) is 6.50. The van der Waals surface area contributed by atoms with Gasteiger partial charge in [0.2, 0.25) is 11.9 Å². The maximum absolute atomic E-state index is 12.6. The van der Waals surface area contributed by atoms with Gasteiger partial charge in [0.25, 0.3) is 0 Å². The Hall–Kier alpha value is -1.30. The number of hydrogen-bond acceptors (Lipinski definition) is 5. The lowest BCUT2D eigenvalue weighted by molar-refractivity contribution is -0.135. The summed E-state index contributed by atoms with van der Waals surface area (Å²) < 4.78 is 0. The van der Waals surface area contributed by atoms with Crippen molar-refractivity contribution in [2.24, 2.45) is 5.92 Å². The molecule has 0 N–H and O–H groups in total. The van der Waals surface area contributed by atoms with Crippen LogP contribution in [0.3, 0.4) is 0 Å². The van der Waals surface area contributed by atoms with Crippen LogP contribution in [0.2, 0.25) is 0 Å². The van der Waals surface area contributed by atoms with E-state index < -0.39 is 0 Å². The zero-order valence-corrected chi connectivity index (χ0v) is 12.4. The van der Waals surface area contributed by atoms with E-state index in [2.05, 4.69) is 14.9 Å². The highest BCUT2D eigenvalue weighted by atomic mass is 32.2. The summed E-state index contributed by atoms with van der Waals surface area (Å²) in [5.74, 6) is 3.33. The van der Waals surface area contributed by atoms with Crippen LogP contribution >= 0.6 is 11.8 Å². The summed E-state index contributed by atoms with van der Waals surface area (Å²) in [4.78, 5) is 25.4. The molecule has 3 rings (SSSR count). The topological polar surface area (TPSA) is 49.3 Å². The van der Waals surface area contributed by atoms with E-state index in [9.17, 15) is 4.79 Å². The molecule has 2 fully saturated rings. The minimum Gasteiger partial charge on any atom is -0.341 e. The van der Waals surface area contributed by atoms with Gasteiger partial charge >= 0.3 is 0 Å². The molecule has 0 aliphatic carbocycles. The maximum Gasteiger partial charge on any atom is 0.227 e. The molecule has 1 atom stereocenters. The van der Waals surface area contributed by atoms with Crippen molar-refractivity contribution in [2.75, 3.05) is 42.6 Å². The minimum atomic E-state index is 0.107. The van der Waals surface area contributed by atoms with Crippen LogP contribution in [0.15, 0.2) is 18.5 Å². The maximum atomic E-state index is 12.6. The first-order valence-corrected chi connectivity index (χ1v) is 8.38. The van der Waals surface area contributed by atoms with E-state index in [1.165, 1.54) is 0 Å². The Kier molecular flexibility index (Phi) is 4.40. The predicted octanol–water partition coefficient (Wildman–Crippen LogP) is 1.27. The third-order valence-electron chi connectivity index (χ3n) is 3.93. The molecule has 20 heavy (non-hydrogen) atoms. The van der Waals surface area contributed by atoms with Gasteiger partial charge in [-0.3, -0.25) is 4.79 Å². The monoisotopic (exact) mass is 292 g/mol. The molecule has 2 saturated heterocycles. The number of rotatable bonds is 2. The van der Waals surface area contributed by atoms with Crippen molar-refractivity contribution >= 4 is 23.6 Å². The zero-order chi connectivity index (χ0) is 13.8. The first-order valence-electron chi connectivity index (χ1n) is 7.23. The number of thioether (sulfide) groups is 1. The van der Waals surface area contributed by atoms with Crippen molar-refractivity contribution in [2.45, 2.75) is 12.8 Å². The van der Waals surface area contributed by atoms with Crippen molar-refractivity contribution in [3.8, 4) is 0 Å². The van der Waals surface area contributed by atoms with Gasteiger partial charge in [-0.15, -0.1) is 0 Å². The van der Waals surface area contributed by atoms with Crippen molar-refractivity contribution in [1.82, 2.24) is 14.9 Å². The molecule has 1 amide bonds. The first-order chi connectivity index (χ1) is 9.84. The van der Waals surface area contributed by atoms with Crippen LogP contribution in [-0.4, -0.2) is 58.5 Å². The number of aromatic nitrogens is 2. The number of carbonyl (C=O) groups excluding carboxylic acids is 1. The summed E-state index contributed by atoms with van der Waals surface area (Å²) in [6, 6.07) is 1.82. The fraction of sp³-hybridized carbons (Fsp3) is 0.643. The average Bonchev–Trinajstić information content (AvgIpc) is 2.56. The summed E-state index contributed by atoms with van der Waals surface area (Å²) >= 11 is 1.94. The van der Waals surface area contributed by atoms with Gasteiger partial charge in [-0.05, 0) is 18.9 Å². The number of anilines is 1. The summed E-state index contributed by atoms with van der Waals surface area (Å²) in [7, 11) is 0. The Morgan fingerprint density at radius 1 is 1.20 bits per heavy atom. The fourth-order valence-electron chi connectivity index (χ4n) is 2.86. The highest BCUT2D eigenvalue weighted by Gasteiger charge is 2.30. The lowest BCUT2D eigenvalue weighted by Crippen LogP contribution is -2.47. The third-order valence-corrected chi connectivity index (χ3v) is 4.87. The summed E-state index contributed by atoms with van der Waals surface area (Å²) in [6.45, 7) is 3.51. The van der Waals surface area contributed by atoms with Crippen LogP contribution in [0.5, 0.6) is 0 Å². The van der Waals surface area contributed by atoms with E-state index >= 15 is 0 Å². The highest BCUT2D eigenvalue weighted by molar-refractivity contribution is 7.99. The van der Waals surface area contributed by atoms with Gasteiger partial charge in [0, 0.05) is 50.1 Å². The molecule has 5 nitrogen and oxygen atoms in total. The van der Waals surface area contributed by atoms with Gasteiger partial charge < -0.3 is 9.80 Å². The second kappa shape index (κ2) is 6.43. The summed E-state index contributed by atoms with van der Waals surface area (Å²) in [5, 5.41) is 0. The van der Waals surface area contributed by atoms with Gasteiger partial charge in [0.05, 0.1) is 5.92 Å². The van der Waals surface area contributed by atoms with Gasteiger partial charge in [0.1, 0.15) is 0 Å². The van der Waals surface area contributed by atoms with Crippen LogP contribution in [0, 0.1) is 5.92 Å². The number of piperidine rings is 1. The van der Waals surface area contributed by atoms with Crippen LogP contribution in [-0.2, 0) is 4.79 Å². The number of amides is 1. The lowest BCUT2D eigenvalue weighted by atomic mass is 9.96. The molecule has 1 unspecified atom stereocenters. The van der Waals surface area contributed by atoms with E-state index in [0.717, 1.165) is 56.5 Å². The molecule has 0 saturated carbocycles. The SMILES string of the molecule is O=C(C1CCCN(c2ncccn2)C1)N1CCSCC1. The second-order valence-electron chi connectivity index (χ2n) is 5.27. The molecule has 1 aromatic heterocycles. The van der Waals surface area contributed by atoms with Crippen molar-refractivity contribution in [3.05, 3.63) is 18.5 Å². The zero-order valence-electron chi connectivity index (χ0n) is 11.6. The Morgan fingerprint density at radius 3 is 2.70 bits per heavy atom. The van der Waals surface area contributed by atoms with Crippen LogP contribution in [0.25, 0.3) is 0 Å². The molecule has 3 heterocycles. The van der Waals surface area contributed by atoms with E-state index in [1.807, 2.05) is 22.7 Å². The molecule has 0 bridgehead atoms. The Bertz CT molecular complexity index is 450. The van der Waals surface area contributed by atoms with E-state index in [0.29, 0.717) is 5.91 Å². The van der Waals surface area contributed by atoms with Gasteiger partial charge in [-0.1, -0.05) is 0 Å². The lowest BCUT2D eigenvalue weighted by Gasteiger charge is -2.36. The summed E-state index contributed by atoms with van der Waals surface area (Å²) in [6.07, 6.45) is 5.55. The summed E-state index contributed by atoms with van der Waals surface area (Å²) in [5.41, 5.74) is 0. The normalized spacial score (nSPS) is 23.7. The van der Waals surface area contributed by atoms with Crippen LogP contribution in [0.4, 0.5) is 5.95 Å². The molecule has 0 radical (unpaired) electrons. The number of carbonyl (C=O) groups is 1. The Labute approximate surface area is 123 Å². The molecule has 0 spiro atoms.